The van der Waals surface area contributed by atoms with Crippen LogP contribution in [-0.4, -0.2) is 32.1 Å². The number of carbonyl (C=O) groups is 1. The third-order valence-electron chi connectivity index (χ3n) is 1.85. The zero-order valence-corrected chi connectivity index (χ0v) is 10.1. The Labute approximate surface area is 91.2 Å². The van der Waals surface area contributed by atoms with Crippen molar-refractivity contribution in [2.75, 3.05) is 13.7 Å². The topological polar surface area (TPSA) is 44.8 Å². The third kappa shape index (κ3) is 6.25. The fourth-order valence-electron chi connectivity index (χ4n) is 1.00. The Hall–Kier alpha value is -0.870. The highest BCUT2D eigenvalue weighted by atomic mass is 16.7. The van der Waals surface area contributed by atoms with Crippen LogP contribution < -0.4 is 0 Å². The fourth-order valence-corrected chi connectivity index (χ4v) is 1.00. The Morgan fingerprint density at radius 3 is 2.47 bits per heavy atom. The smallest absolute Gasteiger partial charge is 0.335 e. The van der Waals surface area contributed by atoms with Gasteiger partial charge in [-0.25, -0.2) is 4.79 Å². The number of ether oxygens (including phenoxy) is 3. The monoisotopic (exact) mass is 216 g/mol. The molecule has 0 heterocycles. The third-order valence-corrected chi connectivity index (χ3v) is 1.85. The first-order valence-electron chi connectivity index (χ1n) is 5.05. The molecule has 0 aliphatic heterocycles. The summed E-state index contributed by atoms with van der Waals surface area (Å²) in [6.07, 6.45) is 1.10. The molecular weight excluding hydrogens is 196 g/mol. The number of hydrogen-bond donors (Lipinski definition) is 0. The van der Waals surface area contributed by atoms with Crippen LogP contribution in [0.15, 0.2) is 11.6 Å². The van der Waals surface area contributed by atoms with Gasteiger partial charge in [0.1, 0.15) is 0 Å². The minimum atomic E-state index is -0.510. The van der Waals surface area contributed by atoms with Crippen LogP contribution in [-0.2, 0) is 19.0 Å². The first-order valence-corrected chi connectivity index (χ1v) is 5.05. The summed E-state index contributed by atoms with van der Waals surface area (Å²) in [6, 6.07) is 0. The molecule has 0 N–H and O–H groups in total. The zero-order valence-electron chi connectivity index (χ0n) is 10.1. The normalized spacial score (nSPS) is 15.9. The average molecular weight is 216 g/mol. The summed E-state index contributed by atoms with van der Waals surface area (Å²) in [4.78, 5) is 11.5. The van der Waals surface area contributed by atoms with E-state index in [-0.39, 0.29) is 12.1 Å². The molecule has 15 heavy (non-hydrogen) atoms. The Balaban J connectivity index is 4.14. The van der Waals surface area contributed by atoms with E-state index in [4.69, 9.17) is 14.2 Å². The van der Waals surface area contributed by atoms with Crippen molar-refractivity contribution >= 4 is 5.97 Å². The van der Waals surface area contributed by atoms with Gasteiger partial charge in [-0.15, -0.1) is 0 Å². The molecule has 2 atom stereocenters. The van der Waals surface area contributed by atoms with Crippen molar-refractivity contribution < 1.29 is 19.0 Å². The molecule has 0 amide bonds. The zero-order chi connectivity index (χ0) is 11.8. The van der Waals surface area contributed by atoms with Crippen molar-refractivity contribution in [1.29, 1.82) is 0 Å². The van der Waals surface area contributed by atoms with Crippen molar-refractivity contribution in [1.82, 2.24) is 0 Å². The Morgan fingerprint density at radius 2 is 2.00 bits per heavy atom. The number of carbonyl (C=O) groups excluding carboxylic acids is 1. The van der Waals surface area contributed by atoms with Crippen molar-refractivity contribution in [3.8, 4) is 0 Å². The van der Waals surface area contributed by atoms with E-state index in [1.54, 1.807) is 27.0 Å². The lowest BCUT2D eigenvalue weighted by molar-refractivity contribution is -0.169. The SMILES string of the molecule is CCOC(C)OC(=O)/C(C)=C/C(C)OC. The van der Waals surface area contributed by atoms with Crippen molar-refractivity contribution in [2.45, 2.75) is 40.1 Å². The van der Waals surface area contributed by atoms with Crippen LogP contribution in [0.3, 0.4) is 0 Å². The molecule has 0 bridgehead atoms. The Morgan fingerprint density at radius 1 is 1.40 bits per heavy atom. The molecule has 0 aromatic carbocycles. The van der Waals surface area contributed by atoms with Gasteiger partial charge in [-0.3, -0.25) is 0 Å². The van der Waals surface area contributed by atoms with Crippen LogP contribution in [0, 0.1) is 0 Å². The van der Waals surface area contributed by atoms with Gasteiger partial charge in [0, 0.05) is 19.3 Å². The van der Waals surface area contributed by atoms with Gasteiger partial charge in [0.25, 0.3) is 0 Å². The van der Waals surface area contributed by atoms with E-state index < -0.39 is 6.29 Å². The van der Waals surface area contributed by atoms with Crippen LogP contribution >= 0.6 is 0 Å². The van der Waals surface area contributed by atoms with Crippen LogP contribution in [0.1, 0.15) is 27.7 Å². The van der Waals surface area contributed by atoms with Crippen molar-refractivity contribution in [3.63, 3.8) is 0 Å². The number of esters is 1. The molecule has 0 radical (unpaired) electrons. The maximum Gasteiger partial charge on any atom is 0.335 e. The van der Waals surface area contributed by atoms with Gasteiger partial charge in [0.2, 0.25) is 0 Å². The average Bonchev–Trinajstić information content (AvgIpc) is 2.17. The molecule has 0 aliphatic rings. The standard InChI is InChI=1S/C11H20O4/c1-6-14-10(4)15-11(12)8(2)7-9(3)13-5/h7,9-10H,6H2,1-5H3/b8-7+. The predicted molar refractivity (Wildman–Crippen MR) is 57.4 cm³/mol. The van der Waals surface area contributed by atoms with Crippen LogP contribution in [0.5, 0.6) is 0 Å². The highest BCUT2D eigenvalue weighted by molar-refractivity contribution is 5.87. The summed E-state index contributed by atoms with van der Waals surface area (Å²) < 4.78 is 15.1. The van der Waals surface area contributed by atoms with Gasteiger partial charge in [-0.05, 0) is 33.8 Å². The van der Waals surface area contributed by atoms with E-state index in [9.17, 15) is 4.79 Å². The summed E-state index contributed by atoms with van der Waals surface area (Å²) in [7, 11) is 1.59. The summed E-state index contributed by atoms with van der Waals surface area (Å²) in [5, 5.41) is 0. The molecule has 0 aromatic rings. The van der Waals surface area contributed by atoms with Crippen LogP contribution in [0.25, 0.3) is 0 Å². The molecule has 0 saturated heterocycles. The van der Waals surface area contributed by atoms with Gasteiger partial charge in [0.15, 0.2) is 6.29 Å². The molecule has 0 saturated carbocycles. The van der Waals surface area contributed by atoms with E-state index in [2.05, 4.69) is 0 Å². The summed E-state index contributed by atoms with van der Waals surface area (Å²) >= 11 is 0. The van der Waals surface area contributed by atoms with E-state index in [0.29, 0.717) is 12.2 Å². The first kappa shape index (κ1) is 14.1. The summed E-state index contributed by atoms with van der Waals surface area (Å²) in [5.41, 5.74) is 0.524. The highest BCUT2D eigenvalue weighted by Gasteiger charge is 2.11. The maximum absolute atomic E-state index is 11.5. The second kappa shape index (κ2) is 7.43. The molecule has 0 aliphatic carbocycles. The first-order chi connectivity index (χ1) is 7.01. The molecule has 0 spiro atoms. The lowest BCUT2D eigenvalue weighted by Crippen LogP contribution is -2.19. The Kier molecular flexibility index (Phi) is 6.99. The maximum atomic E-state index is 11.5. The molecule has 88 valence electrons. The number of rotatable bonds is 6. The number of hydrogen-bond acceptors (Lipinski definition) is 4. The molecule has 0 aromatic heterocycles. The minimum Gasteiger partial charge on any atom is -0.433 e. The lowest BCUT2D eigenvalue weighted by atomic mass is 10.2. The van der Waals surface area contributed by atoms with Gasteiger partial charge in [-0.2, -0.15) is 0 Å². The van der Waals surface area contributed by atoms with Gasteiger partial charge in [0.05, 0.1) is 6.10 Å². The number of methoxy groups -OCH3 is 1. The van der Waals surface area contributed by atoms with E-state index in [1.807, 2.05) is 13.8 Å². The van der Waals surface area contributed by atoms with Crippen molar-refractivity contribution in [2.24, 2.45) is 0 Å². The van der Waals surface area contributed by atoms with Crippen molar-refractivity contribution in [3.05, 3.63) is 11.6 Å². The summed E-state index contributed by atoms with van der Waals surface area (Å²) in [5.74, 6) is -0.375. The minimum absolute atomic E-state index is 0.0973. The molecule has 2 unspecified atom stereocenters. The quantitative estimate of drug-likeness (QED) is 0.386. The predicted octanol–water partition coefficient (Wildman–Crippen LogP) is 1.89. The van der Waals surface area contributed by atoms with E-state index in [1.165, 1.54) is 0 Å². The molecule has 4 heteroatoms. The van der Waals surface area contributed by atoms with Gasteiger partial charge < -0.3 is 14.2 Å². The van der Waals surface area contributed by atoms with Gasteiger partial charge >= 0.3 is 5.97 Å². The van der Waals surface area contributed by atoms with E-state index >= 15 is 0 Å². The van der Waals surface area contributed by atoms with Crippen LogP contribution in [0.4, 0.5) is 0 Å². The molecule has 4 nitrogen and oxygen atoms in total. The van der Waals surface area contributed by atoms with Gasteiger partial charge in [-0.1, -0.05) is 0 Å². The molecule has 0 rings (SSSR count). The Bertz CT molecular complexity index is 223. The fraction of sp³-hybridized carbons (Fsp3) is 0.727. The highest BCUT2D eigenvalue weighted by Crippen LogP contribution is 2.04. The largest absolute Gasteiger partial charge is 0.433 e. The molecular formula is C11H20O4. The second-order valence-electron chi connectivity index (χ2n) is 3.22. The van der Waals surface area contributed by atoms with Crippen LogP contribution in [0.2, 0.25) is 0 Å². The van der Waals surface area contributed by atoms with E-state index in [0.717, 1.165) is 0 Å². The summed E-state index contributed by atoms with van der Waals surface area (Å²) in [6.45, 7) is 7.60. The second-order valence-corrected chi connectivity index (χ2v) is 3.22. The lowest BCUT2D eigenvalue weighted by Gasteiger charge is -2.13. The molecule has 0 fully saturated rings.